The number of hydrogen-bond acceptors (Lipinski definition) is 4. The van der Waals surface area contributed by atoms with Gasteiger partial charge in [0.1, 0.15) is 5.65 Å². The van der Waals surface area contributed by atoms with Crippen molar-refractivity contribution in [2.75, 3.05) is 0 Å². The second-order valence-corrected chi connectivity index (χ2v) is 4.96. The van der Waals surface area contributed by atoms with Crippen LogP contribution < -0.4 is 0 Å². The first kappa shape index (κ1) is 15.7. The Hall–Kier alpha value is -2.72. The van der Waals surface area contributed by atoms with Gasteiger partial charge in [0.2, 0.25) is 0 Å². The van der Waals surface area contributed by atoms with Crippen LogP contribution in [0.2, 0.25) is 0 Å². The van der Waals surface area contributed by atoms with Crippen LogP contribution in [-0.4, -0.2) is 25.9 Å². The summed E-state index contributed by atoms with van der Waals surface area (Å²) in [6, 6.07) is 6.45. The topological polar surface area (TPSA) is 80.6 Å². The lowest BCUT2D eigenvalue weighted by atomic mass is 10.1. The van der Waals surface area contributed by atoms with Gasteiger partial charge in [-0.2, -0.15) is 14.7 Å². The van der Waals surface area contributed by atoms with Gasteiger partial charge >= 0.3 is 6.15 Å². The molecule has 22 heavy (non-hydrogen) atoms. The molecule has 6 heteroatoms. The van der Waals surface area contributed by atoms with Gasteiger partial charge in [0.25, 0.3) is 0 Å². The smallest absolute Gasteiger partial charge is 0.344 e. The van der Waals surface area contributed by atoms with Crippen molar-refractivity contribution in [3.05, 3.63) is 47.5 Å². The molecule has 0 bridgehead atoms. The van der Waals surface area contributed by atoms with Gasteiger partial charge in [0.15, 0.2) is 0 Å². The van der Waals surface area contributed by atoms with Gasteiger partial charge in [-0.15, -0.1) is 0 Å². The third-order valence-electron chi connectivity index (χ3n) is 3.44. The van der Waals surface area contributed by atoms with E-state index in [1.165, 1.54) is 16.6 Å². The van der Waals surface area contributed by atoms with Crippen LogP contribution in [0.15, 0.2) is 30.6 Å². The van der Waals surface area contributed by atoms with Crippen LogP contribution in [0.1, 0.15) is 23.9 Å². The molecule has 1 N–H and O–H groups in total. The van der Waals surface area contributed by atoms with Gasteiger partial charge in [-0.05, 0) is 50.5 Å². The zero-order chi connectivity index (χ0) is 15.9. The normalized spacial score (nSPS) is 10.1. The summed E-state index contributed by atoms with van der Waals surface area (Å²) in [6.45, 7) is 5.10. The van der Waals surface area contributed by atoms with Crippen molar-refractivity contribution in [3.8, 4) is 0 Å². The summed E-state index contributed by atoms with van der Waals surface area (Å²) in [5, 5.41) is 5.49. The molecule has 0 aliphatic carbocycles. The number of H-pyrrole nitrogens is 1. The summed E-state index contributed by atoms with van der Waals surface area (Å²) in [4.78, 5) is 24.0. The van der Waals surface area contributed by atoms with E-state index < -0.39 is 0 Å². The van der Waals surface area contributed by atoms with E-state index in [0.717, 1.165) is 30.7 Å². The highest BCUT2D eigenvalue weighted by molar-refractivity contribution is 5.76. The highest BCUT2D eigenvalue weighted by Crippen LogP contribution is 2.15. The van der Waals surface area contributed by atoms with Crippen LogP contribution >= 0.6 is 0 Å². The van der Waals surface area contributed by atoms with Gasteiger partial charge < -0.3 is 4.98 Å². The van der Waals surface area contributed by atoms with Gasteiger partial charge in [-0.1, -0.05) is 0 Å². The van der Waals surface area contributed by atoms with Crippen LogP contribution in [0.5, 0.6) is 0 Å². The van der Waals surface area contributed by atoms with E-state index in [1.54, 1.807) is 0 Å². The van der Waals surface area contributed by atoms with Crippen molar-refractivity contribution in [2.45, 2.75) is 33.2 Å². The minimum absolute atomic E-state index is 0.250. The van der Waals surface area contributed by atoms with Crippen LogP contribution in [0, 0.1) is 6.92 Å². The predicted molar refractivity (Wildman–Crippen MR) is 81.1 cm³/mol. The maximum Gasteiger partial charge on any atom is 0.373 e. The Morgan fingerprint density at radius 3 is 2.77 bits per heavy atom. The van der Waals surface area contributed by atoms with E-state index in [-0.39, 0.29) is 6.15 Å². The average Bonchev–Trinajstić information content (AvgIpc) is 3.09. The van der Waals surface area contributed by atoms with Crippen LogP contribution in [0.3, 0.4) is 0 Å². The molecule has 3 aromatic rings. The monoisotopic (exact) mass is 298 g/mol. The van der Waals surface area contributed by atoms with E-state index in [9.17, 15) is 0 Å². The Bertz CT molecular complexity index is 782. The average molecular weight is 298 g/mol. The molecule has 0 unspecified atom stereocenters. The molecule has 3 heterocycles. The molecule has 0 saturated carbocycles. The molecule has 0 radical (unpaired) electrons. The molecular weight excluding hydrogens is 280 g/mol. The SMILES string of the molecule is CCn1nccc1CCc1cnc2[nH]c(C)cc2c1.O=C=O. The summed E-state index contributed by atoms with van der Waals surface area (Å²) in [7, 11) is 0. The maximum atomic E-state index is 8.12. The maximum absolute atomic E-state index is 8.12. The highest BCUT2D eigenvalue weighted by atomic mass is 16.2. The molecule has 0 saturated heterocycles. The Kier molecular flexibility index (Phi) is 5.22. The molecule has 0 amide bonds. The van der Waals surface area contributed by atoms with E-state index in [4.69, 9.17) is 9.59 Å². The van der Waals surface area contributed by atoms with Gasteiger partial charge in [-0.3, -0.25) is 4.68 Å². The van der Waals surface area contributed by atoms with Crippen LogP contribution in [0.25, 0.3) is 11.0 Å². The summed E-state index contributed by atoms with van der Waals surface area (Å²) in [5.41, 5.74) is 4.69. The van der Waals surface area contributed by atoms with E-state index in [2.05, 4.69) is 47.1 Å². The number of hydrogen-bond donors (Lipinski definition) is 1. The van der Waals surface area contributed by atoms with Crippen molar-refractivity contribution >= 4 is 17.2 Å². The third kappa shape index (κ3) is 3.68. The number of aryl methyl sites for hydroxylation is 4. The lowest BCUT2D eigenvalue weighted by Crippen LogP contribution is -2.04. The first-order valence-corrected chi connectivity index (χ1v) is 7.12. The quantitative estimate of drug-likeness (QED) is 0.801. The Labute approximate surface area is 128 Å². The summed E-state index contributed by atoms with van der Waals surface area (Å²) >= 11 is 0. The Balaban J connectivity index is 0.000000545. The van der Waals surface area contributed by atoms with Crippen LogP contribution in [0.4, 0.5) is 0 Å². The van der Waals surface area contributed by atoms with E-state index in [1.807, 2.05) is 17.1 Å². The summed E-state index contributed by atoms with van der Waals surface area (Å²) < 4.78 is 2.05. The molecule has 0 fully saturated rings. The number of aromatic nitrogens is 4. The Morgan fingerprint density at radius 1 is 1.27 bits per heavy atom. The third-order valence-corrected chi connectivity index (χ3v) is 3.44. The lowest BCUT2D eigenvalue weighted by Gasteiger charge is -2.04. The first-order chi connectivity index (χ1) is 10.7. The molecule has 114 valence electrons. The summed E-state index contributed by atoms with van der Waals surface area (Å²) in [5.74, 6) is 0. The number of pyridine rings is 1. The molecular formula is C16H18N4O2. The lowest BCUT2D eigenvalue weighted by molar-refractivity contribution is -0.191. The first-order valence-electron chi connectivity index (χ1n) is 7.12. The fourth-order valence-corrected chi connectivity index (χ4v) is 2.46. The molecule has 3 aromatic heterocycles. The van der Waals surface area contributed by atoms with Crippen molar-refractivity contribution in [1.82, 2.24) is 19.7 Å². The number of carbonyl (C=O) groups excluding carboxylic acids is 2. The van der Waals surface area contributed by atoms with E-state index >= 15 is 0 Å². The minimum Gasteiger partial charge on any atom is -0.344 e. The summed E-state index contributed by atoms with van der Waals surface area (Å²) in [6.07, 6.45) is 6.09. The molecule has 0 atom stereocenters. The van der Waals surface area contributed by atoms with Gasteiger partial charge in [-0.25, -0.2) is 4.98 Å². The largest absolute Gasteiger partial charge is 0.373 e. The molecule has 0 aliphatic rings. The molecule has 0 aliphatic heterocycles. The van der Waals surface area contributed by atoms with Crippen molar-refractivity contribution < 1.29 is 9.59 Å². The molecule has 0 aromatic carbocycles. The van der Waals surface area contributed by atoms with Crippen molar-refractivity contribution in [1.29, 1.82) is 0 Å². The van der Waals surface area contributed by atoms with Crippen molar-refractivity contribution in [2.24, 2.45) is 0 Å². The predicted octanol–water partition coefficient (Wildman–Crippen LogP) is 2.29. The second kappa shape index (κ2) is 7.33. The fraction of sp³-hybridized carbons (Fsp3) is 0.312. The number of fused-ring (bicyclic) bond motifs is 1. The number of nitrogens with zero attached hydrogens (tertiary/aromatic N) is 3. The molecule has 0 spiro atoms. The molecule has 3 rings (SSSR count). The number of aromatic amines is 1. The minimum atomic E-state index is 0.250. The zero-order valence-corrected chi connectivity index (χ0v) is 12.7. The Morgan fingerprint density at radius 2 is 2.05 bits per heavy atom. The highest BCUT2D eigenvalue weighted by Gasteiger charge is 2.04. The zero-order valence-electron chi connectivity index (χ0n) is 12.7. The second-order valence-electron chi connectivity index (χ2n) is 4.96. The van der Waals surface area contributed by atoms with Gasteiger partial charge in [0, 0.05) is 35.7 Å². The van der Waals surface area contributed by atoms with Gasteiger partial charge in [0.05, 0.1) is 0 Å². The number of nitrogens with one attached hydrogen (secondary N) is 1. The number of rotatable bonds is 4. The van der Waals surface area contributed by atoms with Crippen molar-refractivity contribution in [3.63, 3.8) is 0 Å². The van der Waals surface area contributed by atoms with E-state index in [0.29, 0.717) is 0 Å². The molecule has 6 nitrogen and oxygen atoms in total. The fourth-order valence-electron chi connectivity index (χ4n) is 2.46. The van der Waals surface area contributed by atoms with Crippen LogP contribution in [-0.2, 0) is 29.0 Å². The standard InChI is InChI=1S/C15H18N4.CO2/c1-3-19-14(6-7-17-19)5-4-12-9-13-8-11(2)18-15(13)16-10-12;2-1-3/h6-10H,3-5H2,1-2H3,(H,16,18);.